The molecule has 1 aromatic heterocycles. The average molecular weight is 347 g/mol. The molecule has 0 unspecified atom stereocenters. The molecule has 23 heavy (non-hydrogen) atoms. The Bertz CT molecular complexity index is 995. The van der Waals surface area contributed by atoms with Gasteiger partial charge in [0.15, 0.2) is 0 Å². The van der Waals surface area contributed by atoms with Gasteiger partial charge in [-0.05, 0) is 30.2 Å². The van der Waals surface area contributed by atoms with Crippen molar-refractivity contribution >= 4 is 32.5 Å². The van der Waals surface area contributed by atoms with Crippen LogP contribution in [0.25, 0.3) is 10.9 Å². The smallest absolute Gasteiger partial charge is 0.244 e. The number of benzene rings is 2. The van der Waals surface area contributed by atoms with Gasteiger partial charge in [-0.1, -0.05) is 41.9 Å². The largest absolute Gasteiger partial charge is 0.357 e. The van der Waals surface area contributed by atoms with Crippen LogP contribution in [0, 0.1) is 0 Å². The quantitative estimate of drug-likeness (QED) is 0.771. The third kappa shape index (κ3) is 2.36. The van der Waals surface area contributed by atoms with Crippen LogP contribution in [0.2, 0.25) is 5.02 Å². The second-order valence-corrected chi connectivity index (χ2v) is 7.96. The molecule has 0 atom stereocenters. The van der Waals surface area contributed by atoms with Crippen LogP contribution in [0.5, 0.6) is 0 Å². The van der Waals surface area contributed by atoms with E-state index < -0.39 is 10.0 Å². The fourth-order valence-corrected chi connectivity index (χ4v) is 5.07. The van der Waals surface area contributed by atoms with Gasteiger partial charge < -0.3 is 4.98 Å². The van der Waals surface area contributed by atoms with Gasteiger partial charge in [0.2, 0.25) is 10.0 Å². The zero-order valence-corrected chi connectivity index (χ0v) is 13.9. The minimum atomic E-state index is -3.59. The second-order valence-electron chi connectivity index (χ2n) is 5.65. The minimum Gasteiger partial charge on any atom is -0.357 e. The van der Waals surface area contributed by atoms with E-state index in [0.29, 0.717) is 19.5 Å². The highest BCUT2D eigenvalue weighted by Gasteiger charge is 2.31. The first-order valence-electron chi connectivity index (χ1n) is 7.40. The summed E-state index contributed by atoms with van der Waals surface area (Å²) in [7, 11) is -3.59. The molecule has 1 aliphatic heterocycles. The van der Waals surface area contributed by atoms with Crippen LogP contribution in [0.15, 0.2) is 53.4 Å². The Balaban J connectivity index is 1.74. The summed E-state index contributed by atoms with van der Waals surface area (Å²) in [5, 5.41) is 1.44. The third-order valence-corrected chi connectivity index (χ3v) is 6.65. The summed E-state index contributed by atoms with van der Waals surface area (Å²) in [5.74, 6) is 0. The number of hydrogen-bond donors (Lipinski definition) is 1. The van der Waals surface area contributed by atoms with E-state index in [1.54, 1.807) is 24.3 Å². The van der Waals surface area contributed by atoms with Gasteiger partial charge in [0.25, 0.3) is 0 Å². The van der Waals surface area contributed by atoms with Gasteiger partial charge in [-0.2, -0.15) is 4.31 Å². The number of aromatic amines is 1. The second kappa shape index (κ2) is 5.37. The van der Waals surface area contributed by atoms with E-state index in [-0.39, 0.29) is 9.92 Å². The molecule has 2 aromatic carbocycles. The maximum absolute atomic E-state index is 12.9. The van der Waals surface area contributed by atoms with E-state index in [1.165, 1.54) is 15.3 Å². The molecular formula is C17H15ClN2O2S. The zero-order chi connectivity index (χ0) is 16.0. The Hall–Kier alpha value is -1.82. The van der Waals surface area contributed by atoms with Crippen molar-refractivity contribution in [3.8, 4) is 0 Å². The first kappa shape index (κ1) is 14.8. The van der Waals surface area contributed by atoms with Gasteiger partial charge in [0.1, 0.15) is 4.90 Å². The SMILES string of the molecule is O=S(=O)(c1ccccc1Cl)N1CCc2c([nH]c3ccccc23)C1. The van der Waals surface area contributed by atoms with E-state index >= 15 is 0 Å². The highest BCUT2D eigenvalue weighted by Crippen LogP contribution is 2.31. The molecule has 0 aliphatic carbocycles. The molecule has 4 rings (SSSR count). The van der Waals surface area contributed by atoms with Gasteiger partial charge in [0.05, 0.1) is 11.6 Å². The fourth-order valence-electron chi connectivity index (χ4n) is 3.17. The lowest BCUT2D eigenvalue weighted by Crippen LogP contribution is -2.36. The van der Waals surface area contributed by atoms with Crippen LogP contribution in [-0.2, 0) is 23.0 Å². The van der Waals surface area contributed by atoms with Gasteiger partial charge >= 0.3 is 0 Å². The number of halogens is 1. The van der Waals surface area contributed by atoms with Crippen LogP contribution in [0.3, 0.4) is 0 Å². The van der Waals surface area contributed by atoms with Crippen molar-refractivity contribution in [2.45, 2.75) is 17.9 Å². The molecule has 0 amide bonds. The molecule has 1 N–H and O–H groups in total. The molecule has 118 valence electrons. The van der Waals surface area contributed by atoms with Crippen LogP contribution >= 0.6 is 11.6 Å². The summed E-state index contributed by atoms with van der Waals surface area (Å²) in [6.45, 7) is 0.806. The number of fused-ring (bicyclic) bond motifs is 3. The Morgan fingerprint density at radius 3 is 2.61 bits per heavy atom. The zero-order valence-electron chi connectivity index (χ0n) is 12.3. The highest BCUT2D eigenvalue weighted by atomic mass is 35.5. The Kier molecular flexibility index (Phi) is 3.44. The van der Waals surface area contributed by atoms with Gasteiger partial charge in [-0.25, -0.2) is 8.42 Å². The normalized spacial score (nSPS) is 15.7. The third-order valence-electron chi connectivity index (χ3n) is 4.30. The summed E-state index contributed by atoms with van der Waals surface area (Å²) in [6, 6.07) is 14.6. The molecule has 6 heteroatoms. The van der Waals surface area contributed by atoms with Crippen molar-refractivity contribution in [1.82, 2.24) is 9.29 Å². The van der Waals surface area contributed by atoms with Crippen molar-refractivity contribution in [2.75, 3.05) is 6.54 Å². The summed E-state index contributed by atoms with van der Waals surface area (Å²) >= 11 is 6.08. The number of sulfonamides is 1. The van der Waals surface area contributed by atoms with Gasteiger partial charge in [-0.15, -0.1) is 0 Å². The number of nitrogens with one attached hydrogen (secondary N) is 1. The van der Waals surface area contributed by atoms with Gasteiger partial charge in [-0.3, -0.25) is 0 Å². The summed E-state index contributed by atoms with van der Waals surface area (Å²) in [6.07, 6.45) is 0.697. The standard InChI is InChI=1S/C17H15ClN2O2S/c18-14-6-2-4-8-17(14)23(21,22)20-10-9-13-12-5-1-3-7-15(12)19-16(13)11-20/h1-8,19H,9-11H2. The summed E-state index contributed by atoms with van der Waals surface area (Å²) in [5.41, 5.74) is 3.23. The van der Waals surface area contributed by atoms with Crippen molar-refractivity contribution in [3.63, 3.8) is 0 Å². The Morgan fingerprint density at radius 2 is 1.78 bits per heavy atom. The molecule has 1 aliphatic rings. The molecule has 2 heterocycles. The average Bonchev–Trinajstić information content (AvgIpc) is 2.92. The lowest BCUT2D eigenvalue weighted by Gasteiger charge is -2.26. The number of rotatable bonds is 2. The summed E-state index contributed by atoms with van der Waals surface area (Å²) < 4.78 is 27.2. The Labute approximate surface area is 139 Å². The molecule has 0 radical (unpaired) electrons. The molecule has 3 aromatic rings. The number of H-pyrrole nitrogens is 1. The molecule has 0 fully saturated rings. The minimum absolute atomic E-state index is 0.168. The van der Waals surface area contributed by atoms with E-state index in [2.05, 4.69) is 11.1 Å². The molecule has 0 saturated carbocycles. The first-order valence-corrected chi connectivity index (χ1v) is 9.22. The van der Waals surface area contributed by atoms with E-state index in [1.807, 2.05) is 18.2 Å². The maximum Gasteiger partial charge on any atom is 0.244 e. The molecule has 4 nitrogen and oxygen atoms in total. The van der Waals surface area contributed by atoms with Crippen LogP contribution in [0.4, 0.5) is 0 Å². The topological polar surface area (TPSA) is 53.2 Å². The summed E-state index contributed by atoms with van der Waals surface area (Å²) in [4.78, 5) is 3.51. The number of para-hydroxylation sites is 1. The van der Waals surface area contributed by atoms with Gasteiger partial charge in [0, 0.05) is 23.1 Å². The predicted molar refractivity (Wildman–Crippen MR) is 91.1 cm³/mol. The highest BCUT2D eigenvalue weighted by molar-refractivity contribution is 7.89. The van der Waals surface area contributed by atoms with E-state index in [9.17, 15) is 8.42 Å². The lowest BCUT2D eigenvalue weighted by atomic mass is 10.1. The molecule has 0 saturated heterocycles. The number of hydrogen-bond acceptors (Lipinski definition) is 2. The van der Waals surface area contributed by atoms with E-state index in [4.69, 9.17) is 11.6 Å². The molecule has 0 bridgehead atoms. The lowest BCUT2D eigenvalue weighted by molar-refractivity contribution is 0.388. The Morgan fingerprint density at radius 1 is 1.04 bits per heavy atom. The first-order chi connectivity index (χ1) is 11.1. The maximum atomic E-state index is 12.9. The fraction of sp³-hybridized carbons (Fsp3) is 0.176. The van der Waals surface area contributed by atoms with Crippen LogP contribution in [0.1, 0.15) is 11.3 Å². The predicted octanol–water partition coefficient (Wildman–Crippen LogP) is 3.57. The van der Waals surface area contributed by atoms with E-state index in [0.717, 1.165) is 11.2 Å². The van der Waals surface area contributed by atoms with Crippen molar-refractivity contribution in [3.05, 3.63) is 64.8 Å². The van der Waals surface area contributed by atoms with Crippen LogP contribution in [-0.4, -0.2) is 24.3 Å². The van der Waals surface area contributed by atoms with Crippen LogP contribution < -0.4 is 0 Å². The molecular weight excluding hydrogens is 332 g/mol. The van der Waals surface area contributed by atoms with Crippen molar-refractivity contribution in [1.29, 1.82) is 0 Å². The number of nitrogens with zero attached hydrogens (tertiary/aromatic N) is 1. The van der Waals surface area contributed by atoms with Crippen molar-refractivity contribution in [2.24, 2.45) is 0 Å². The van der Waals surface area contributed by atoms with Crippen molar-refractivity contribution < 1.29 is 8.42 Å². The number of aromatic nitrogens is 1. The molecule has 0 spiro atoms. The monoisotopic (exact) mass is 346 g/mol.